The molecule has 0 N–H and O–H groups in total. The number of hydrogen-bond acceptors (Lipinski definition) is 1. The molecule has 0 aliphatic heterocycles. The third-order valence-corrected chi connectivity index (χ3v) is 5.60. The second-order valence-electron chi connectivity index (χ2n) is 8.46. The van der Waals surface area contributed by atoms with Gasteiger partial charge in [-0.05, 0) is 25.7 Å². The van der Waals surface area contributed by atoms with E-state index in [0.29, 0.717) is 6.42 Å². The first-order valence-electron chi connectivity index (χ1n) is 12.0. The van der Waals surface area contributed by atoms with Gasteiger partial charge < -0.3 is 4.74 Å². The maximum absolute atomic E-state index is 13.5. The second-order valence-corrected chi connectivity index (χ2v) is 8.46. The number of alkyl halides is 7. The Hall–Kier alpha value is -0.530. The molecule has 1 nitrogen and oxygen atoms in total. The summed E-state index contributed by atoms with van der Waals surface area (Å²) < 4.78 is 93.6. The smallest absolute Gasteiger partial charge is 0.381 e. The summed E-state index contributed by atoms with van der Waals surface area (Å²) in [4.78, 5) is 0. The maximum Gasteiger partial charge on any atom is 0.431 e. The van der Waals surface area contributed by atoms with Gasteiger partial charge in [0.2, 0.25) is 0 Å². The van der Waals surface area contributed by atoms with Crippen molar-refractivity contribution < 1.29 is 35.5 Å². The van der Waals surface area contributed by atoms with Crippen LogP contribution in [-0.4, -0.2) is 31.2 Å². The molecule has 0 rings (SSSR count). The van der Waals surface area contributed by atoms with Crippen LogP contribution in [0.25, 0.3) is 0 Å². The van der Waals surface area contributed by atoms with E-state index < -0.39 is 30.9 Å². The van der Waals surface area contributed by atoms with Gasteiger partial charge >= 0.3 is 12.4 Å². The SMILES string of the molecule is CCCCOCCCCCCCCCCCCCCCCC(F)(C(F)(F)F)C(F)(F)F. The molecule has 0 aromatic rings. The molecule has 0 aliphatic rings. The largest absolute Gasteiger partial charge is 0.431 e. The molecule has 8 heteroatoms. The Balaban J connectivity index is 3.46. The van der Waals surface area contributed by atoms with Crippen molar-refractivity contribution in [3.63, 3.8) is 0 Å². The molecule has 0 aromatic carbocycles. The maximum atomic E-state index is 13.5. The van der Waals surface area contributed by atoms with Crippen molar-refractivity contribution in [3.05, 3.63) is 0 Å². The van der Waals surface area contributed by atoms with Crippen LogP contribution in [0.1, 0.15) is 116 Å². The Labute approximate surface area is 183 Å². The van der Waals surface area contributed by atoms with Crippen molar-refractivity contribution in [2.45, 2.75) is 134 Å². The monoisotopic (exact) mass is 466 g/mol. The highest BCUT2D eigenvalue weighted by atomic mass is 19.4. The highest BCUT2D eigenvalue weighted by Gasteiger charge is 2.71. The van der Waals surface area contributed by atoms with Crippen LogP contribution in [0.4, 0.5) is 30.7 Å². The van der Waals surface area contributed by atoms with E-state index >= 15 is 0 Å². The zero-order chi connectivity index (χ0) is 23.6. The standard InChI is InChI=1S/C23H41F7O/c1-2-3-19-31-20-17-15-13-11-9-7-5-4-6-8-10-12-14-16-18-21(24,22(25,26)27)23(28,29)30/h2-20H2,1H3. The summed E-state index contributed by atoms with van der Waals surface area (Å²) in [6, 6.07) is 0. The quantitative estimate of drug-likeness (QED) is 0.128. The molecule has 0 atom stereocenters. The van der Waals surface area contributed by atoms with Gasteiger partial charge in [-0.3, -0.25) is 0 Å². The first kappa shape index (κ1) is 30.5. The van der Waals surface area contributed by atoms with Gasteiger partial charge in [0.25, 0.3) is 5.67 Å². The average molecular weight is 467 g/mol. The third-order valence-electron chi connectivity index (χ3n) is 5.60. The lowest BCUT2D eigenvalue weighted by Gasteiger charge is -2.29. The fourth-order valence-electron chi connectivity index (χ4n) is 3.49. The van der Waals surface area contributed by atoms with E-state index in [2.05, 4.69) is 6.92 Å². The first-order valence-corrected chi connectivity index (χ1v) is 12.0. The Morgan fingerprint density at radius 2 is 0.774 bits per heavy atom. The molecular formula is C23H41F7O. The molecule has 0 saturated heterocycles. The van der Waals surface area contributed by atoms with E-state index in [1.165, 1.54) is 32.1 Å². The van der Waals surface area contributed by atoms with E-state index in [9.17, 15) is 30.7 Å². The van der Waals surface area contributed by atoms with E-state index in [4.69, 9.17) is 4.74 Å². The molecule has 31 heavy (non-hydrogen) atoms. The van der Waals surface area contributed by atoms with Crippen LogP contribution in [0.5, 0.6) is 0 Å². The first-order chi connectivity index (χ1) is 14.6. The van der Waals surface area contributed by atoms with Crippen LogP contribution in [0, 0.1) is 0 Å². The number of rotatable bonds is 20. The zero-order valence-electron chi connectivity index (χ0n) is 19.0. The molecule has 0 bridgehead atoms. The van der Waals surface area contributed by atoms with Gasteiger partial charge in [0.05, 0.1) is 0 Å². The van der Waals surface area contributed by atoms with Gasteiger partial charge in [0, 0.05) is 13.2 Å². The minimum absolute atomic E-state index is 0.182. The number of unbranched alkanes of at least 4 members (excludes halogenated alkanes) is 14. The topological polar surface area (TPSA) is 9.23 Å². The highest BCUT2D eigenvalue weighted by Crippen LogP contribution is 2.49. The summed E-state index contributed by atoms with van der Waals surface area (Å²) in [5, 5.41) is 0. The molecule has 0 aromatic heterocycles. The molecule has 0 spiro atoms. The summed E-state index contributed by atoms with van der Waals surface area (Å²) in [6.07, 6.45) is 1.38. The van der Waals surface area contributed by atoms with Gasteiger partial charge in [-0.25, -0.2) is 4.39 Å². The van der Waals surface area contributed by atoms with Crippen LogP contribution in [0.2, 0.25) is 0 Å². The fourth-order valence-corrected chi connectivity index (χ4v) is 3.49. The Kier molecular flexibility index (Phi) is 16.7. The van der Waals surface area contributed by atoms with Crippen LogP contribution in [0.15, 0.2) is 0 Å². The Bertz CT molecular complexity index is 394. The Morgan fingerprint density at radius 3 is 1.13 bits per heavy atom. The molecule has 0 saturated carbocycles. The average Bonchev–Trinajstić information content (AvgIpc) is 2.67. The van der Waals surface area contributed by atoms with Crippen LogP contribution >= 0.6 is 0 Å². The predicted molar refractivity (Wildman–Crippen MR) is 111 cm³/mol. The summed E-state index contributed by atoms with van der Waals surface area (Å²) in [5.41, 5.74) is -5.09. The van der Waals surface area contributed by atoms with Gasteiger partial charge in [0.15, 0.2) is 0 Å². The van der Waals surface area contributed by atoms with Crippen molar-refractivity contribution in [2.24, 2.45) is 0 Å². The molecule has 188 valence electrons. The summed E-state index contributed by atoms with van der Waals surface area (Å²) in [6.45, 7) is 3.88. The fraction of sp³-hybridized carbons (Fsp3) is 1.00. The second kappa shape index (κ2) is 17.0. The molecule has 0 heterocycles. The number of halogens is 7. The predicted octanol–water partition coefficient (Wildman–Crippen LogP) is 9.49. The van der Waals surface area contributed by atoms with Crippen molar-refractivity contribution in [3.8, 4) is 0 Å². The molecular weight excluding hydrogens is 425 g/mol. The lowest BCUT2D eigenvalue weighted by molar-refractivity contribution is -0.343. The van der Waals surface area contributed by atoms with E-state index in [1.54, 1.807) is 0 Å². The zero-order valence-corrected chi connectivity index (χ0v) is 19.0. The van der Waals surface area contributed by atoms with E-state index in [-0.39, 0.29) is 6.42 Å². The van der Waals surface area contributed by atoms with Crippen molar-refractivity contribution in [1.29, 1.82) is 0 Å². The van der Waals surface area contributed by atoms with Crippen LogP contribution in [0.3, 0.4) is 0 Å². The summed E-state index contributed by atoms with van der Waals surface area (Å²) >= 11 is 0. The van der Waals surface area contributed by atoms with Crippen molar-refractivity contribution in [1.82, 2.24) is 0 Å². The molecule has 0 radical (unpaired) electrons. The van der Waals surface area contributed by atoms with Gasteiger partial charge in [0.1, 0.15) is 0 Å². The van der Waals surface area contributed by atoms with Gasteiger partial charge in [-0.1, -0.05) is 90.4 Å². The molecule has 0 aliphatic carbocycles. The lowest BCUT2D eigenvalue weighted by Crippen LogP contribution is -2.53. The Morgan fingerprint density at radius 1 is 0.452 bits per heavy atom. The van der Waals surface area contributed by atoms with Gasteiger partial charge in [-0.2, -0.15) is 26.3 Å². The van der Waals surface area contributed by atoms with Crippen LogP contribution in [-0.2, 0) is 4.74 Å². The van der Waals surface area contributed by atoms with Crippen LogP contribution < -0.4 is 0 Å². The molecule has 0 amide bonds. The normalized spacial score (nSPS) is 13.2. The van der Waals surface area contributed by atoms with Crippen molar-refractivity contribution in [2.75, 3.05) is 13.2 Å². The third kappa shape index (κ3) is 14.3. The van der Waals surface area contributed by atoms with E-state index in [1.807, 2.05) is 0 Å². The minimum atomic E-state index is -5.92. The van der Waals surface area contributed by atoms with Gasteiger partial charge in [-0.15, -0.1) is 0 Å². The van der Waals surface area contributed by atoms with Crippen molar-refractivity contribution >= 4 is 0 Å². The van der Waals surface area contributed by atoms with E-state index in [0.717, 1.165) is 64.6 Å². The highest BCUT2D eigenvalue weighted by molar-refractivity contribution is 4.94. The summed E-state index contributed by atoms with van der Waals surface area (Å²) in [5.74, 6) is 0. The number of hydrogen-bond donors (Lipinski definition) is 0. The molecule has 0 unspecified atom stereocenters. The summed E-state index contributed by atoms with van der Waals surface area (Å²) in [7, 11) is 0. The number of ether oxygens (including phenoxy) is 1. The minimum Gasteiger partial charge on any atom is -0.381 e. The molecule has 0 fully saturated rings. The lowest BCUT2D eigenvalue weighted by atomic mass is 9.95.